The minimum Gasteiger partial charge on any atom is -0.284 e. The SMILES string of the molecule is Cc1c(CNN)sc2c1c(=O)n(C(C)C)c(=O)n2CCC(F)(F)F. The summed E-state index contributed by atoms with van der Waals surface area (Å²) in [5, 5.41) is 0.278. The van der Waals surface area contributed by atoms with Gasteiger partial charge in [0.25, 0.3) is 5.56 Å². The highest BCUT2D eigenvalue weighted by atomic mass is 32.1. The van der Waals surface area contributed by atoms with Gasteiger partial charge in [0.2, 0.25) is 0 Å². The molecule has 2 aromatic rings. The van der Waals surface area contributed by atoms with Crippen molar-refractivity contribution in [1.29, 1.82) is 0 Å². The Kier molecular flexibility index (Phi) is 5.21. The zero-order valence-corrected chi connectivity index (χ0v) is 14.3. The zero-order chi connectivity index (χ0) is 18.2. The van der Waals surface area contributed by atoms with Gasteiger partial charge in [-0.15, -0.1) is 11.3 Å². The van der Waals surface area contributed by atoms with Gasteiger partial charge >= 0.3 is 11.9 Å². The normalized spacial score (nSPS) is 12.5. The third-order valence-electron chi connectivity index (χ3n) is 3.74. The molecule has 2 heterocycles. The molecule has 0 spiro atoms. The van der Waals surface area contributed by atoms with E-state index in [-0.39, 0.29) is 16.8 Å². The van der Waals surface area contributed by atoms with Gasteiger partial charge in [-0.1, -0.05) is 0 Å². The van der Waals surface area contributed by atoms with E-state index in [1.807, 2.05) is 0 Å². The summed E-state index contributed by atoms with van der Waals surface area (Å²) in [6, 6.07) is -0.457. The molecule has 2 aromatic heterocycles. The van der Waals surface area contributed by atoms with Gasteiger partial charge in [-0.05, 0) is 26.3 Å². The van der Waals surface area contributed by atoms with Crippen LogP contribution in [-0.4, -0.2) is 15.3 Å². The number of hydrogen-bond donors (Lipinski definition) is 2. The van der Waals surface area contributed by atoms with E-state index >= 15 is 0 Å². The predicted octanol–water partition coefficient (Wildman–Crippen LogP) is 2.03. The van der Waals surface area contributed by atoms with Crippen LogP contribution in [-0.2, 0) is 13.1 Å². The van der Waals surface area contributed by atoms with E-state index < -0.39 is 36.4 Å². The number of hydrogen-bond acceptors (Lipinski definition) is 5. The van der Waals surface area contributed by atoms with Crippen molar-refractivity contribution in [2.45, 2.75) is 52.5 Å². The summed E-state index contributed by atoms with van der Waals surface area (Å²) in [6.45, 7) is 4.73. The lowest BCUT2D eigenvalue weighted by Crippen LogP contribution is -2.41. The Labute approximate surface area is 139 Å². The second-order valence-corrected chi connectivity index (χ2v) is 6.86. The molecule has 24 heavy (non-hydrogen) atoms. The van der Waals surface area contributed by atoms with Gasteiger partial charge in [-0.25, -0.2) is 4.79 Å². The maximum Gasteiger partial charge on any atom is 0.390 e. The highest BCUT2D eigenvalue weighted by molar-refractivity contribution is 7.18. The highest BCUT2D eigenvalue weighted by Crippen LogP contribution is 2.29. The van der Waals surface area contributed by atoms with Crippen LogP contribution in [0.3, 0.4) is 0 Å². The highest BCUT2D eigenvalue weighted by Gasteiger charge is 2.28. The first-order valence-electron chi connectivity index (χ1n) is 7.36. The summed E-state index contributed by atoms with van der Waals surface area (Å²) in [4.78, 5) is 26.2. The number of nitrogens with two attached hydrogens (primary N) is 1. The average molecular weight is 364 g/mol. The zero-order valence-electron chi connectivity index (χ0n) is 13.5. The quantitative estimate of drug-likeness (QED) is 0.628. The first kappa shape index (κ1) is 18.7. The van der Waals surface area contributed by atoms with E-state index in [4.69, 9.17) is 5.84 Å². The van der Waals surface area contributed by atoms with Crippen LogP contribution in [0.25, 0.3) is 10.2 Å². The summed E-state index contributed by atoms with van der Waals surface area (Å²) < 4.78 is 39.9. The van der Waals surface area contributed by atoms with Crippen molar-refractivity contribution in [3.05, 3.63) is 31.3 Å². The largest absolute Gasteiger partial charge is 0.390 e. The maximum atomic E-state index is 12.7. The number of aryl methyl sites for hydroxylation is 2. The van der Waals surface area contributed by atoms with Crippen LogP contribution in [0.2, 0.25) is 0 Å². The van der Waals surface area contributed by atoms with Crippen molar-refractivity contribution in [2.24, 2.45) is 5.84 Å². The van der Waals surface area contributed by atoms with Crippen LogP contribution in [0.5, 0.6) is 0 Å². The number of nitrogens with zero attached hydrogens (tertiary/aromatic N) is 2. The summed E-state index contributed by atoms with van der Waals surface area (Å²) in [6.07, 6.45) is -5.53. The smallest absolute Gasteiger partial charge is 0.284 e. The summed E-state index contributed by atoms with van der Waals surface area (Å²) in [5.74, 6) is 5.31. The fourth-order valence-electron chi connectivity index (χ4n) is 2.56. The minimum atomic E-state index is -4.39. The maximum absolute atomic E-state index is 12.7. The average Bonchev–Trinajstić information content (AvgIpc) is 2.75. The molecular formula is C14H19F3N4O2S. The number of aromatic nitrogens is 2. The van der Waals surface area contributed by atoms with E-state index in [1.54, 1.807) is 20.8 Å². The van der Waals surface area contributed by atoms with Crippen LogP contribution in [0.1, 0.15) is 36.8 Å². The molecule has 10 heteroatoms. The van der Waals surface area contributed by atoms with Crippen LogP contribution < -0.4 is 22.5 Å². The number of rotatable bonds is 5. The van der Waals surface area contributed by atoms with Crippen LogP contribution >= 0.6 is 11.3 Å². The second-order valence-electron chi connectivity index (χ2n) is 5.78. The predicted molar refractivity (Wildman–Crippen MR) is 87.2 cm³/mol. The van der Waals surface area contributed by atoms with Crippen LogP contribution in [0.15, 0.2) is 9.59 Å². The number of hydrazine groups is 1. The third-order valence-corrected chi connectivity index (χ3v) is 5.05. The Morgan fingerprint density at radius 1 is 1.29 bits per heavy atom. The van der Waals surface area contributed by atoms with E-state index in [2.05, 4.69) is 5.43 Å². The fourth-order valence-corrected chi connectivity index (χ4v) is 3.83. The van der Waals surface area contributed by atoms with Crippen molar-refractivity contribution in [1.82, 2.24) is 14.6 Å². The first-order valence-corrected chi connectivity index (χ1v) is 8.17. The lowest BCUT2D eigenvalue weighted by Gasteiger charge is -2.15. The van der Waals surface area contributed by atoms with E-state index in [0.29, 0.717) is 10.4 Å². The van der Waals surface area contributed by atoms with E-state index in [9.17, 15) is 22.8 Å². The number of fused-ring (bicyclic) bond motifs is 1. The fraction of sp³-hybridized carbons (Fsp3) is 0.571. The number of halogens is 3. The van der Waals surface area contributed by atoms with Crippen molar-refractivity contribution >= 4 is 21.6 Å². The molecule has 0 saturated heterocycles. The molecule has 2 rings (SSSR count). The molecule has 3 N–H and O–H groups in total. The molecule has 0 unspecified atom stereocenters. The molecule has 0 aromatic carbocycles. The van der Waals surface area contributed by atoms with Crippen molar-refractivity contribution in [2.75, 3.05) is 0 Å². The summed E-state index contributed by atoms with van der Waals surface area (Å²) in [5.41, 5.74) is 1.90. The van der Waals surface area contributed by atoms with Gasteiger partial charge in [0.1, 0.15) is 4.83 Å². The summed E-state index contributed by atoms with van der Waals surface area (Å²) >= 11 is 1.11. The van der Waals surface area contributed by atoms with Gasteiger partial charge in [0, 0.05) is 24.0 Å². The molecule has 134 valence electrons. The van der Waals surface area contributed by atoms with E-state index in [0.717, 1.165) is 20.5 Å². The Morgan fingerprint density at radius 2 is 1.92 bits per heavy atom. The first-order chi connectivity index (χ1) is 11.1. The van der Waals surface area contributed by atoms with Gasteiger partial charge < -0.3 is 0 Å². The van der Waals surface area contributed by atoms with Crippen molar-refractivity contribution < 1.29 is 13.2 Å². The minimum absolute atomic E-state index is 0.258. The van der Waals surface area contributed by atoms with Gasteiger partial charge in [-0.2, -0.15) is 13.2 Å². The molecular weight excluding hydrogens is 345 g/mol. The molecule has 0 aliphatic heterocycles. The second kappa shape index (κ2) is 6.69. The van der Waals surface area contributed by atoms with Crippen molar-refractivity contribution in [3.8, 4) is 0 Å². The van der Waals surface area contributed by atoms with E-state index in [1.165, 1.54) is 0 Å². The molecule has 0 radical (unpaired) electrons. The third kappa shape index (κ3) is 3.40. The molecule has 0 amide bonds. The molecule has 0 atom stereocenters. The number of thiophene rings is 1. The lowest BCUT2D eigenvalue weighted by molar-refractivity contribution is -0.136. The molecule has 0 aliphatic rings. The molecule has 0 saturated carbocycles. The van der Waals surface area contributed by atoms with Crippen molar-refractivity contribution in [3.63, 3.8) is 0 Å². The van der Waals surface area contributed by atoms with Gasteiger partial charge in [0.15, 0.2) is 0 Å². The van der Waals surface area contributed by atoms with Gasteiger partial charge in [0.05, 0.1) is 11.8 Å². The topological polar surface area (TPSA) is 82.1 Å². The van der Waals surface area contributed by atoms with Gasteiger partial charge in [-0.3, -0.25) is 25.2 Å². The number of nitrogens with one attached hydrogen (secondary N) is 1. The van der Waals surface area contributed by atoms with Crippen LogP contribution in [0.4, 0.5) is 13.2 Å². The Balaban J connectivity index is 2.80. The molecule has 6 nitrogen and oxygen atoms in total. The Morgan fingerprint density at radius 3 is 2.42 bits per heavy atom. The monoisotopic (exact) mass is 364 g/mol. The molecule has 0 aliphatic carbocycles. The lowest BCUT2D eigenvalue weighted by atomic mass is 10.2. The Bertz CT molecular complexity index is 864. The van der Waals surface area contributed by atoms with Crippen LogP contribution in [0, 0.1) is 6.92 Å². The molecule has 0 fully saturated rings. The number of alkyl halides is 3. The molecule has 0 bridgehead atoms. The standard InChI is InChI=1S/C14H19F3N4O2S/c1-7(2)21-11(22)10-8(3)9(6-19-18)24-12(10)20(13(21)23)5-4-14(15,16)17/h7,19H,4-6,18H2,1-3H3. The Hall–Kier alpha value is -1.65. The summed E-state index contributed by atoms with van der Waals surface area (Å²) in [7, 11) is 0.